The Hall–Kier alpha value is -2.43. The van der Waals surface area contributed by atoms with Crippen molar-refractivity contribution in [1.82, 2.24) is 5.32 Å². The summed E-state index contributed by atoms with van der Waals surface area (Å²) in [4.78, 5) is 23.3. The molecule has 0 saturated carbocycles. The highest BCUT2D eigenvalue weighted by Gasteiger charge is 2.49. The molecule has 1 aromatic carbocycles. The lowest BCUT2D eigenvalue weighted by molar-refractivity contribution is -0.114. The maximum absolute atomic E-state index is 14.5. The number of benzene rings is 1. The molecule has 0 spiro atoms. The molecule has 4 nitrogen and oxygen atoms in total. The van der Waals surface area contributed by atoms with Crippen molar-refractivity contribution in [3.63, 3.8) is 0 Å². The van der Waals surface area contributed by atoms with Gasteiger partial charge >= 0.3 is 5.98 Å². The molecule has 1 heterocycles. The van der Waals surface area contributed by atoms with Gasteiger partial charge < -0.3 is 10.1 Å². The third kappa shape index (κ3) is 1.93. The zero-order chi connectivity index (χ0) is 13.5. The molecule has 1 atom stereocenters. The van der Waals surface area contributed by atoms with Crippen molar-refractivity contribution in [2.24, 2.45) is 0 Å². The smallest absolute Gasteiger partial charge is 0.395 e. The number of fused-ring (bicyclic) bond motifs is 1. The van der Waals surface area contributed by atoms with Gasteiger partial charge in [0.1, 0.15) is 5.76 Å². The van der Waals surface area contributed by atoms with Crippen LogP contribution in [0.3, 0.4) is 0 Å². The molecule has 0 aromatic heterocycles. The van der Waals surface area contributed by atoms with Gasteiger partial charge in [0, 0.05) is 18.1 Å². The number of ketones is 2. The third-order valence-electron chi connectivity index (χ3n) is 2.93. The van der Waals surface area contributed by atoms with Crippen LogP contribution in [0.4, 0.5) is 4.39 Å². The van der Waals surface area contributed by atoms with E-state index in [1.165, 1.54) is 24.3 Å². The molecular formula is C14H10FNO3. The Morgan fingerprint density at radius 2 is 2.05 bits per heavy atom. The van der Waals surface area contributed by atoms with Crippen LogP contribution in [-0.2, 0) is 9.53 Å². The summed E-state index contributed by atoms with van der Waals surface area (Å²) in [6.45, 7) is 0. The number of carbonyl (C=O) groups excluding carboxylic acids is 2. The van der Waals surface area contributed by atoms with Gasteiger partial charge in [0.25, 0.3) is 5.78 Å². The first-order valence-electron chi connectivity index (χ1n) is 5.79. The van der Waals surface area contributed by atoms with Crippen molar-refractivity contribution in [3.05, 3.63) is 59.5 Å². The van der Waals surface area contributed by atoms with Crippen LogP contribution in [0.5, 0.6) is 0 Å². The SMILES string of the molecule is O=C1C=C2NC(F)(C(=O)c3ccccc3)OC2=CC1. The molecule has 1 aliphatic carbocycles. The molecule has 1 aliphatic heterocycles. The van der Waals surface area contributed by atoms with E-state index in [0.717, 1.165) is 0 Å². The summed E-state index contributed by atoms with van der Waals surface area (Å²) in [5, 5.41) is 2.33. The van der Waals surface area contributed by atoms with E-state index in [9.17, 15) is 14.0 Å². The molecule has 0 radical (unpaired) electrons. The summed E-state index contributed by atoms with van der Waals surface area (Å²) in [6, 6.07) is 8.02. The molecule has 96 valence electrons. The van der Waals surface area contributed by atoms with Gasteiger partial charge in [0.05, 0.1) is 5.70 Å². The van der Waals surface area contributed by atoms with Crippen LogP contribution in [0.2, 0.25) is 0 Å². The van der Waals surface area contributed by atoms with Gasteiger partial charge in [-0.3, -0.25) is 9.59 Å². The van der Waals surface area contributed by atoms with Crippen LogP contribution in [0.1, 0.15) is 16.8 Å². The normalized spacial score (nSPS) is 24.8. The van der Waals surface area contributed by atoms with Crippen LogP contribution in [0.15, 0.2) is 53.9 Å². The molecule has 0 bridgehead atoms. The average molecular weight is 259 g/mol. The van der Waals surface area contributed by atoms with E-state index in [4.69, 9.17) is 4.74 Å². The number of allylic oxidation sites excluding steroid dienone is 2. The lowest BCUT2D eigenvalue weighted by Gasteiger charge is -2.17. The summed E-state index contributed by atoms with van der Waals surface area (Å²) < 4.78 is 19.6. The molecule has 1 unspecified atom stereocenters. The number of hydrogen-bond donors (Lipinski definition) is 1. The maximum atomic E-state index is 14.5. The molecule has 1 fully saturated rings. The van der Waals surface area contributed by atoms with Gasteiger partial charge in [-0.1, -0.05) is 30.3 Å². The van der Waals surface area contributed by atoms with Crippen molar-refractivity contribution in [3.8, 4) is 0 Å². The minimum Gasteiger partial charge on any atom is -0.433 e. The molecule has 0 amide bonds. The monoisotopic (exact) mass is 259 g/mol. The van der Waals surface area contributed by atoms with Crippen molar-refractivity contribution in [2.45, 2.75) is 12.4 Å². The molecule has 19 heavy (non-hydrogen) atoms. The molecular weight excluding hydrogens is 249 g/mol. The zero-order valence-electron chi connectivity index (χ0n) is 9.85. The maximum Gasteiger partial charge on any atom is 0.395 e. The molecule has 1 aromatic rings. The van der Waals surface area contributed by atoms with E-state index in [0.29, 0.717) is 0 Å². The number of rotatable bonds is 2. The Kier molecular flexibility index (Phi) is 2.48. The van der Waals surface area contributed by atoms with Gasteiger partial charge in [-0.15, -0.1) is 0 Å². The highest BCUT2D eigenvalue weighted by Crippen LogP contribution is 2.33. The zero-order valence-corrected chi connectivity index (χ0v) is 9.85. The second-order valence-corrected chi connectivity index (χ2v) is 4.31. The van der Waals surface area contributed by atoms with Gasteiger partial charge in [-0.05, 0) is 6.08 Å². The van der Waals surface area contributed by atoms with Gasteiger partial charge in [-0.2, -0.15) is 4.39 Å². The Morgan fingerprint density at radius 1 is 1.32 bits per heavy atom. The summed E-state index contributed by atoms with van der Waals surface area (Å²) in [6.07, 6.45) is 2.86. The topological polar surface area (TPSA) is 55.4 Å². The Labute approximate surface area is 108 Å². The average Bonchev–Trinajstić information content (AvgIpc) is 2.75. The fourth-order valence-corrected chi connectivity index (χ4v) is 2.02. The third-order valence-corrected chi connectivity index (χ3v) is 2.93. The number of hydrogen-bond acceptors (Lipinski definition) is 4. The molecule has 1 N–H and O–H groups in total. The van der Waals surface area contributed by atoms with Crippen LogP contribution in [0, 0.1) is 0 Å². The fraction of sp³-hybridized carbons (Fsp3) is 0.143. The highest BCUT2D eigenvalue weighted by atomic mass is 19.2. The van der Waals surface area contributed by atoms with E-state index in [2.05, 4.69) is 5.32 Å². The quantitative estimate of drug-likeness (QED) is 0.650. The predicted octanol–water partition coefficient (Wildman–Crippen LogP) is 1.85. The van der Waals surface area contributed by atoms with Crippen LogP contribution < -0.4 is 5.32 Å². The summed E-state index contributed by atoms with van der Waals surface area (Å²) in [7, 11) is 0. The van der Waals surface area contributed by atoms with Crippen molar-refractivity contribution in [1.29, 1.82) is 0 Å². The van der Waals surface area contributed by atoms with Crippen molar-refractivity contribution < 1.29 is 18.7 Å². The van der Waals surface area contributed by atoms with E-state index in [-0.39, 0.29) is 29.2 Å². The molecule has 3 rings (SSSR count). The Morgan fingerprint density at radius 3 is 2.79 bits per heavy atom. The first-order chi connectivity index (χ1) is 9.08. The number of ether oxygens (including phenoxy) is 1. The van der Waals surface area contributed by atoms with E-state index in [1.54, 1.807) is 18.2 Å². The predicted molar refractivity (Wildman–Crippen MR) is 64.6 cm³/mol. The lowest BCUT2D eigenvalue weighted by Crippen LogP contribution is -2.44. The largest absolute Gasteiger partial charge is 0.433 e. The Bertz CT molecular complexity index is 621. The van der Waals surface area contributed by atoms with Crippen LogP contribution in [0.25, 0.3) is 0 Å². The Balaban J connectivity index is 1.92. The molecule has 2 aliphatic rings. The number of nitrogens with one attached hydrogen (secondary N) is 1. The number of halogens is 1. The summed E-state index contributed by atoms with van der Waals surface area (Å²) in [5.74, 6) is -3.43. The van der Waals surface area contributed by atoms with Crippen LogP contribution >= 0.6 is 0 Å². The van der Waals surface area contributed by atoms with Crippen LogP contribution in [-0.4, -0.2) is 17.5 Å². The molecule has 5 heteroatoms. The summed E-state index contributed by atoms with van der Waals surface area (Å²) >= 11 is 0. The van der Waals surface area contributed by atoms with E-state index in [1.807, 2.05) is 0 Å². The minimum absolute atomic E-state index is 0.149. The van der Waals surface area contributed by atoms with Gasteiger partial charge in [0.15, 0.2) is 5.78 Å². The van der Waals surface area contributed by atoms with Gasteiger partial charge in [-0.25, -0.2) is 0 Å². The standard InChI is InChI=1S/C14H10FNO3/c15-14(13(18)9-4-2-1-3-5-9)16-11-8-10(17)6-7-12(11)19-14/h1-5,7-8,16H,6H2. The van der Waals surface area contributed by atoms with Gasteiger partial charge in [0.2, 0.25) is 0 Å². The van der Waals surface area contributed by atoms with E-state index < -0.39 is 11.8 Å². The highest BCUT2D eigenvalue weighted by molar-refractivity contribution is 6.02. The second-order valence-electron chi connectivity index (χ2n) is 4.31. The molecule has 1 saturated heterocycles. The minimum atomic E-state index is -2.65. The first-order valence-corrected chi connectivity index (χ1v) is 5.79. The lowest BCUT2D eigenvalue weighted by atomic mass is 10.1. The van der Waals surface area contributed by atoms with Crippen molar-refractivity contribution >= 4 is 11.6 Å². The fourth-order valence-electron chi connectivity index (χ4n) is 2.02. The number of carbonyl (C=O) groups is 2. The van der Waals surface area contributed by atoms with Crippen molar-refractivity contribution in [2.75, 3.05) is 0 Å². The summed E-state index contributed by atoms with van der Waals surface area (Å²) in [5.41, 5.74) is 0.409. The number of Topliss-reactive ketones (excluding diaryl/α,β-unsaturated/α-hetero) is 1. The first kappa shape index (κ1) is 11.6. The second kappa shape index (κ2) is 4.05. The van der Waals surface area contributed by atoms with E-state index >= 15 is 0 Å². The number of alkyl halides is 1.